The molecular weight excluding hydrogens is 344 g/mol. The van der Waals surface area contributed by atoms with Crippen LogP contribution in [0.3, 0.4) is 0 Å². The van der Waals surface area contributed by atoms with E-state index in [2.05, 4.69) is 5.10 Å². The van der Waals surface area contributed by atoms with Crippen LogP contribution in [-0.2, 0) is 20.9 Å². The molecule has 4 atom stereocenters. The highest BCUT2D eigenvalue weighted by atomic mass is 16.5. The van der Waals surface area contributed by atoms with E-state index < -0.39 is 17.4 Å². The van der Waals surface area contributed by atoms with E-state index in [0.717, 1.165) is 0 Å². The van der Waals surface area contributed by atoms with Crippen molar-refractivity contribution < 1.29 is 14.3 Å². The summed E-state index contributed by atoms with van der Waals surface area (Å²) < 4.78 is 8.04. The average molecular weight is 372 g/mol. The topological polar surface area (TPSA) is 67.7 Å². The van der Waals surface area contributed by atoms with Gasteiger partial charge in [-0.2, -0.15) is 5.10 Å². The minimum atomic E-state index is -0.642. The number of aromatic nitrogens is 2. The van der Waals surface area contributed by atoms with Gasteiger partial charge in [-0.05, 0) is 33.8 Å². The van der Waals surface area contributed by atoms with Crippen molar-refractivity contribution in [3.8, 4) is 0 Å². The number of ether oxygens (including phenoxy) is 1. The number of likely N-dealkylation sites (tertiary alicyclic amines) is 1. The Bertz CT molecular complexity index is 767. The maximum Gasteiger partial charge on any atom is 0.230 e. The molecule has 0 aliphatic carbocycles. The van der Waals surface area contributed by atoms with Gasteiger partial charge in [0.1, 0.15) is 5.60 Å². The molecule has 7 nitrogen and oxygen atoms in total. The van der Waals surface area contributed by atoms with Gasteiger partial charge in [0.15, 0.2) is 0 Å². The Kier molecular flexibility index (Phi) is 4.18. The van der Waals surface area contributed by atoms with Crippen LogP contribution >= 0.6 is 0 Å². The summed E-state index contributed by atoms with van der Waals surface area (Å²) in [7, 11) is 0. The quantitative estimate of drug-likeness (QED) is 0.731. The molecule has 2 fully saturated rings. The lowest BCUT2D eigenvalue weighted by Crippen LogP contribution is -2.48. The summed E-state index contributed by atoms with van der Waals surface area (Å²) in [6, 6.07) is 1.87. The van der Waals surface area contributed by atoms with Crippen molar-refractivity contribution in [1.82, 2.24) is 19.6 Å². The van der Waals surface area contributed by atoms with Gasteiger partial charge < -0.3 is 14.5 Å². The molecule has 3 aliphatic rings. The van der Waals surface area contributed by atoms with Crippen LogP contribution in [0.1, 0.15) is 27.7 Å². The number of hydrogen-bond donors (Lipinski definition) is 0. The second-order valence-electron chi connectivity index (χ2n) is 8.68. The molecule has 0 N–H and O–H groups in total. The number of fused-ring (bicyclic) bond motifs is 1. The van der Waals surface area contributed by atoms with E-state index >= 15 is 0 Å². The first-order chi connectivity index (χ1) is 12.8. The van der Waals surface area contributed by atoms with Crippen molar-refractivity contribution in [2.45, 2.75) is 51.5 Å². The lowest BCUT2D eigenvalue weighted by Gasteiger charge is -2.34. The van der Waals surface area contributed by atoms with Crippen molar-refractivity contribution in [3.63, 3.8) is 0 Å². The van der Waals surface area contributed by atoms with E-state index in [1.807, 2.05) is 66.6 Å². The summed E-state index contributed by atoms with van der Waals surface area (Å²) in [5, 5.41) is 4.20. The molecule has 1 aromatic heterocycles. The molecule has 2 amide bonds. The van der Waals surface area contributed by atoms with E-state index in [1.165, 1.54) is 0 Å². The molecule has 7 heteroatoms. The van der Waals surface area contributed by atoms with Crippen LogP contribution in [0.15, 0.2) is 30.6 Å². The number of nitrogens with zero attached hydrogens (tertiary/aromatic N) is 4. The van der Waals surface area contributed by atoms with E-state index in [9.17, 15) is 9.59 Å². The summed E-state index contributed by atoms with van der Waals surface area (Å²) in [5.74, 6) is -0.809. The molecule has 146 valence electrons. The van der Waals surface area contributed by atoms with Gasteiger partial charge in [0.05, 0.1) is 31.0 Å². The first-order valence-corrected chi connectivity index (χ1v) is 9.72. The second-order valence-corrected chi connectivity index (χ2v) is 8.68. The number of hydrogen-bond acceptors (Lipinski definition) is 4. The summed E-state index contributed by atoms with van der Waals surface area (Å²) in [6.45, 7) is 10.4. The zero-order chi connectivity index (χ0) is 19.4. The second kappa shape index (κ2) is 6.19. The van der Waals surface area contributed by atoms with Gasteiger partial charge >= 0.3 is 0 Å². The van der Waals surface area contributed by atoms with E-state index in [0.29, 0.717) is 26.2 Å². The zero-order valence-corrected chi connectivity index (χ0v) is 16.5. The van der Waals surface area contributed by atoms with Crippen molar-refractivity contribution in [1.29, 1.82) is 0 Å². The Morgan fingerprint density at radius 2 is 2.22 bits per heavy atom. The van der Waals surface area contributed by atoms with E-state index in [4.69, 9.17) is 4.74 Å². The van der Waals surface area contributed by atoms with Crippen LogP contribution in [0, 0.1) is 11.8 Å². The maximum atomic E-state index is 13.4. The molecule has 2 bridgehead atoms. The molecule has 3 aliphatic heterocycles. The van der Waals surface area contributed by atoms with Gasteiger partial charge in [-0.15, -0.1) is 0 Å². The normalized spacial score (nSPS) is 31.6. The molecule has 27 heavy (non-hydrogen) atoms. The molecule has 0 saturated carbocycles. The highest BCUT2D eigenvalue weighted by molar-refractivity contribution is 5.93. The Hall–Kier alpha value is -2.15. The molecule has 0 unspecified atom stereocenters. The number of carbonyl (C=O) groups is 2. The lowest BCUT2D eigenvalue weighted by atomic mass is 9.76. The number of amides is 2. The molecule has 0 radical (unpaired) electrons. The fourth-order valence-corrected chi connectivity index (χ4v) is 4.64. The number of rotatable bonds is 5. The third kappa shape index (κ3) is 2.79. The molecule has 4 rings (SSSR count). The highest BCUT2D eigenvalue weighted by Crippen LogP contribution is 2.53. The fourth-order valence-electron chi connectivity index (χ4n) is 4.64. The Balaban J connectivity index is 1.55. The van der Waals surface area contributed by atoms with Crippen LogP contribution in [0.4, 0.5) is 0 Å². The average Bonchev–Trinajstić information content (AvgIpc) is 3.36. The van der Waals surface area contributed by atoms with Crippen LogP contribution in [0.2, 0.25) is 0 Å². The van der Waals surface area contributed by atoms with Gasteiger partial charge in [0.2, 0.25) is 11.8 Å². The highest BCUT2D eigenvalue weighted by Gasteiger charge is 2.68. The van der Waals surface area contributed by atoms with Crippen LogP contribution in [0.5, 0.6) is 0 Å². The molecule has 1 spiro atoms. The van der Waals surface area contributed by atoms with Gasteiger partial charge in [0.25, 0.3) is 0 Å². The zero-order valence-electron chi connectivity index (χ0n) is 16.5. The van der Waals surface area contributed by atoms with Crippen molar-refractivity contribution in [3.05, 3.63) is 30.6 Å². The first kappa shape index (κ1) is 18.2. The van der Waals surface area contributed by atoms with Gasteiger partial charge in [-0.1, -0.05) is 12.2 Å². The summed E-state index contributed by atoms with van der Waals surface area (Å²) in [4.78, 5) is 30.3. The predicted octanol–water partition coefficient (Wildman–Crippen LogP) is 1.31. The van der Waals surface area contributed by atoms with Crippen LogP contribution < -0.4 is 0 Å². The molecule has 2 saturated heterocycles. The molecule has 0 aromatic carbocycles. The number of carbonyl (C=O) groups excluding carboxylic acids is 2. The largest absolute Gasteiger partial charge is 0.360 e. The van der Waals surface area contributed by atoms with E-state index in [1.54, 1.807) is 6.20 Å². The lowest BCUT2D eigenvalue weighted by molar-refractivity contribution is -0.145. The van der Waals surface area contributed by atoms with Gasteiger partial charge in [0, 0.05) is 31.0 Å². The standard InChI is InChI=1S/C20H28N4O3/c1-5-22(11-12-23-10-6-9-21-23)17(25)15-14-7-8-20(27-14)13-24(19(2,3)4)18(26)16(15)20/h6-10,14-16H,5,11-13H2,1-4H3/t14-,15-,16+,20-/m0/s1. The SMILES string of the molecule is CCN(CCn1cccn1)C(=O)[C@H]1[C@@H]2C=C[C@@]3(CN(C(C)(C)C)C(=O)[C@@H]13)O2. The molecule has 4 heterocycles. The summed E-state index contributed by atoms with van der Waals surface area (Å²) in [6.07, 6.45) is 7.30. The van der Waals surface area contributed by atoms with Gasteiger partial charge in [-0.25, -0.2) is 0 Å². The smallest absolute Gasteiger partial charge is 0.230 e. The summed E-state index contributed by atoms with van der Waals surface area (Å²) in [5.41, 5.74) is -0.930. The Labute approximate surface area is 159 Å². The monoisotopic (exact) mass is 372 g/mol. The number of likely N-dealkylation sites (N-methyl/N-ethyl adjacent to an activating group) is 1. The fraction of sp³-hybridized carbons (Fsp3) is 0.650. The molecular formula is C20H28N4O3. The predicted molar refractivity (Wildman–Crippen MR) is 99.7 cm³/mol. The summed E-state index contributed by atoms with van der Waals surface area (Å²) >= 11 is 0. The third-order valence-electron chi connectivity index (χ3n) is 6.05. The minimum absolute atomic E-state index is 0.00925. The Morgan fingerprint density at radius 1 is 1.44 bits per heavy atom. The van der Waals surface area contributed by atoms with Crippen molar-refractivity contribution in [2.24, 2.45) is 11.8 Å². The van der Waals surface area contributed by atoms with Crippen molar-refractivity contribution >= 4 is 11.8 Å². The van der Waals surface area contributed by atoms with Crippen molar-refractivity contribution in [2.75, 3.05) is 19.6 Å². The first-order valence-electron chi connectivity index (χ1n) is 9.72. The van der Waals surface area contributed by atoms with Crippen LogP contribution in [0.25, 0.3) is 0 Å². The third-order valence-corrected chi connectivity index (χ3v) is 6.05. The van der Waals surface area contributed by atoms with Crippen LogP contribution in [-0.4, -0.2) is 68.3 Å². The van der Waals surface area contributed by atoms with Gasteiger partial charge in [-0.3, -0.25) is 14.3 Å². The minimum Gasteiger partial charge on any atom is -0.360 e. The maximum absolute atomic E-state index is 13.4. The molecule has 1 aromatic rings. The Morgan fingerprint density at radius 3 is 2.85 bits per heavy atom. The van der Waals surface area contributed by atoms with E-state index in [-0.39, 0.29) is 23.5 Å².